The normalized spacial score (nSPS) is 21.0. The summed E-state index contributed by atoms with van der Waals surface area (Å²) in [5, 5.41) is 9.76. The first kappa shape index (κ1) is 9.66. The lowest BCUT2D eigenvalue weighted by molar-refractivity contribution is 0.475. The highest BCUT2D eigenvalue weighted by molar-refractivity contribution is 8.00. The van der Waals surface area contributed by atoms with Crippen LogP contribution in [0.2, 0.25) is 0 Å². The van der Waals surface area contributed by atoms with Crippen molar-refractivity contribution in [1.29, 1.82) is 0 Å². The molecule has 0 saturated carbocycles. The molecular formula is C12H14OS. The van der Waals surface area contributed by atoms with Gasteiger partial charge in [0.05, 0.1) is 0 Å². The number of phenolic OH excluding ortho intramolecular Hbond substituents is 1. The molecule has 0 fully saturated rings. The zero-order valence-electron chi connectivity index (χ0n) is 8.02. The van der Waals surface area contributed by atoms with Crippen molar-refractivity contribution < 1.29 is 5.11 Å². The number of hydrogen-bond acceptors (Lipinski definition) is 2. The highest BCUT2D eigenvalue weighted by atomic mass is 32.2. The van der Waals surface area contributed by atoms with Crippen LogP contribution >= 0.6 is 11.8 Å². The van der Waals surface area contributed by atoms with Gasteiger partial charge in [-0.3, -0.25) is 0 Å². The summed E-state index contributed by atoms with van der Waals surface area (Å²) in [6.45, 7) is 0. The van der Waals surface area contributed by atoms with Crippen LogP contribution in [0.1, 0.15) is 19.3 Å². The molecule has 1 atom stereocenters. The molecule has 1 unspecified atom stereocenters. The van der Waals surface area contributed by atoms with Crippen LogP contribution in [0.3, 0.4) is 0 Å². The summed E-state index contributed by atoms with van der Waals surface area (Å²) in [6.07, 6.45) is 8.35. The SMILES string of the molecule is Oc1ccc(SC2C=CCCC2)cc1. The molecule has 0 radical (unpaired) electrons. The first-order valence-electron chi connectivity index (χ1n) is 4.97. The molecule has 14 heavy (non-hydrogen) atoms. The first-order chi connectivity index (χ1) is 6.84. The molecule has 74 valence electrons. The summed E-state index contributed by atoms with van der Waals surface area (Å²) in [5.41, 5.74) is 0. The quantitative estimate of drug-likeness (QED) is 0.746. The molecule has 0 aliphatic heterocycles. The maximum absolute atomic E-state index is 9.14. The monoisotopic (exact) mass is 206 g/mol. The second-order valence-electron chi connectivity index (χ2n) is 3.51. The van der Waals surface area contributed by atoms with E-state index in [1.165, 1.54) is 24.2 Å². The maximum atomic E-state index is 9.14. The van der Waals surface area contributed by atoms with Gasteiger partial charge < -0.3 is 5.11 Å². The Bertz CT molecular complexity index is 316. The first-order valence-corrected chi connectivity index (χ1v) is 5.85. The van der Waals surface area contributed by atoms with Crippen molar-refractivity contribution in [2.75, 3.05) is 0 Å². The maximum Gasteiger partial charge on any atom is 0.115 e. The Morgan fingerprint density at radius 3 is 2.64 bits per heavy atom. The third-order valence-electron chi connectivity index (χ3n) is 2.33. The van der Waals surface area contributed by atoms with E-state index in [-0.39, 0.29) is 0 Å². The third kappa shape index (κ3) is 2.55. The number of allylic oxidation sites excluding steroid dienone is 1. The van der Waals surface area contributed by atoms with Crippen LogP contribution in [-0.4, -0.2) is 10.4 Å². The molecule has 1 aliphatic carbocycles. The molecule has 0 saturated heterocycles. The van der Waals surface area contributed by atoms with Gasteiger partial charge in [0.15, 0.2) is 0 Å². The molecule has 0 heterocycles. The highest BCUT2D eigenvalue weighted by Gasteiger charge is 2.09. The minimum atomic E-state index is 0.341. The van der Waals surface area contributed by atoms with Crippen LogP contribution < -0.4 is 0 Å². The lowest BCUT2D eigenvalue weighted by Gasteiger charge is -2.15. The van der Waals surface area contributed by atoms with E-state index < -0.39 is 0 Å². The van der Waals surface area contributed by atoms with Gasteiger partial charge in [-0.15, -0.1) is 11.8 Å². The summed E-state index contributed by atoms with van der Waals surface area (Å²) in [6, 6.07) is 7.44. The molecule has 0 bridgehead atoms. The number of phenols is 1. The molecule has 0 amide bonds. The second kappa shape index (κ2) is 4.56. The van der Waals surface area contributed by atoms with Crippen molar-refractivity contribution in [3.05, 3.63) is 36.4 Å². The molecule has 1 aromatic rings. The van der Waals surface area contributed by atoms with E-state index in [0.717, 1.165) is 0 Å². The predicted molar refractivity (Wildman–Crippen MR) is 60.7 cm³/mol. The average Bonchev–Trinajstić information content (AvgIpc) is 2.23. The molecule has 1 aromatic carbocycles. The summed E-state index contributed by atoms with van der Waals surface area (Å²) in [5.74, 6) is 0.341. The van der Waals surface area contributed by atoms with E-state index in [9.17, 15) is 0 Å². The van der Waals surface area contributed by atoms with Gasteiger partial charge in [-0.2, -0.15) is 0 Å². The summed E-state index contributed by atoms with van der Waals surface area (Å²) in [4.78, 5) is 1.24. The Morgan fingerprint density at radius 1 is 1.21 bits per heavy atom. The molecule has 2 rings (SSSR count). The van der Waals surface area contributed by atoms with E-state index >= 15 is 0 Å². The van der Waals surface area contributed by atoms with Crippen molar-refractivity contribution in [1.82, 2.24) is 0 Å². The Kier molecular flexibility index (Phi) is 3.14. The lowest BCUT2D eigenvalue weighted by atomic mass is 10.1. The summed E-state index contributed by atoms with van der Waals surface area (Å²) < 4.78 is 0. The van der Waals surface area contributed by atoms with Crippen LogP contribution in [0, 0.1) is 0 Å². The zero-order valence-corrected chi connectivity index (χ0v) is 8.83. The van der Waals surface area contributed by atoms with Crippen LogP contribution in [-0.2, 0) is 0 Å². The zero-order chi connectivity index (χ0) is 9.80. The number of aromatic hydroxyl groups is 1. The fraction of sp³-hybridized carbons (Fsp3) is 0.333. The number of hydrogen-bond donors (Lipinski definition) is 1. The highest BCUT2D eigenvalue weighted by Crippen LogP contribution is 2.30. The number of benzene rings is 1. The van der Waals surface area contributed by atoms with Crippen molar-refractivity contribution in [2.45, 2.75) is 29.4 Å². The summed E-state index contributed by atoms with van der Waals surface area (Å²) in [7, 11) is 0. The average molecular weight is 206 g/mol. The van der Waals surface area contributed by atoms with Gasteiger partial charge in [0.25, 0.3) is 0 Å². The van der Waals surface area contributed by atoms with E-state index in [1.807, 2.05) is 23.9 Å². The largest absolute Gasteiger partial charge is 0.508 e. The van der Waals surface area contributed by atoms with Gasteiger partial charge in [0.1, 0.15) is 5.75 Å². The van der Waals surface area contributed by atoms with E-state index in [4.69, 9.17) is 5.11 Å². The molecule has 2 heteroatoms. The standard InChI is InChI=1S/C12H14OS/c13-10-6-8-12(9-7-10)14-11-4-2-1-3-5-11/h2,4,6-9,11,13H,1,3,5H2. The van der Waals surface area contributed by atoms with Gasteiger partial charge in [-0.1, -0.05) is 12.2 Å². The lowest BCUT2D eigenvalue weighted by Crippen LogP contribution is -2.01. The van der Waals surface area contributed by atoms with Gasteiger partial charge in [0, 0.05) is 10.1 Å². The van der Waals surface area contributed by atoms with Gasteiger partial charge >= 0.3 is 0 Å². The van der Waals surface area contributed by atoms with Gasteiger partial charge in [-0.05, 0) is 43.5 Å². The molecule has 0 spiro atoms. The minimum absolute atomic E-state index is 0.341. The molecule has 1 aliphatic rings. The van der Waals surface area contributed by atoms with Crippen molar-refractivity contribution >= 4 is 11.8 Å². The van der Waals surface area contributed by atoms with Gasteiger partial charge in [0.2, 0.25) is 0 Å². The van der Waals surface area contributed by atoms with Crippen LogP contribution in [0.25, 0.3) is 0 Å². The van der Waals surface area contributed by atoms with Crippen molar-refractivity contribution in [2.24, 2.45) is 0 Å². The van der Waals surface area contributed by atoms with Crippen LogP contribution in [0.4, 0.5) is 0 Å². The summed E-state index contributed by atoms with van der Waals surface area (Å²) >= 11 is 1.88. The second-order valence-corrected chi connectivity index (χ2v) is 4.82. The number of thioether (sulfide) groups is 1. The molecule has 1 N–H and O–H groups in total. The van der Waals surface area contributed by atoms with Crippen LogP contribution in [0.15, 0.2) is 41.3 Å². The van der Waals surface area contributed by atoms with E-state index in [2.05, 4.69) is 12.2 Å². The molecular weight excluding hydrogens is 192 g/mol. The van der Waals surface area contributed by atoms with E-state index in [1.54, 1.807) is 12.1 Å². The van der Waals surface area contributed by atoms with Gasteiger partial charge in [-0.25, -0.2) is 0 Å². The predicted octanol–water partition coefficient (Wildman–Crippen LogP) is 3.59. The fourth-order valence-electron chi connectivity index (χ4n) is 1.58. The van der Waals surface area contributed by atoms with Crippen molar-refractivity contribution in [3.8, 4) is 5.75 Å². The Balaban J connectivity index is 1.99. The van der Waals surface area contributed by atoms with E-state index in [0.29, 0.717) is 11.0 Å². The van der Waals surface area contributed by atoms with Crippen molar-refractivity contribution in [3.63, 3.8) is 0 Å². The third-order valence-corrected chi connectivity index (χ3v) is 3.57. The minimum Gasteiger partial charge on any atom is -0.508 e. The smallest absolute Gasteiger partial charge is 0.115 e. The molecule has 0 aromatic heterocycles. The topological polar surface area (TPSA) is 20.2 Å². The Morgan fingerprint density at radius 2 is 2.00 bits per heavy atom. The fourth-order valence-corrected chi connectivity index (χ4v) is 2.70. The molecule has 1 nitrogen and oxygen atoms in total. The Hall–Kier alpha value is -0.890. The number of rotatable bonds is 2. The Labute approximate surface area is 88.8 Å². The van der Waals surface area contributed by atoms with Crippen LogP contribution in [0.5, 0.6) is 5.75 Å².